The Balaban J connectivity index is 1.99. The van der Waals surface area contributed by atoms with Gasteiger partial charge in [-0.05, 0) is 24.1 Å². The molecule has 0 aliphatic rings. The smallest absolute Gasteiger partial charge is 0.211 e. The molecule has 0 unspecified atom stereocenters. The number of ether oxygens (including phenoxy) is 1. The van der Waals surface area contributed by atoms with Crippen molar-refractivity contribution in [3.63, 3.8) is 0 Å². The number of benzene rings is 1. The average Bonchev–Trinajstić information content (AvgIpc) is 2.73. The minimum Gasteiger partial charge on any atom is -0.497 e. The third kappa shape index (κ3) is 2.53. The number of nitrogen functional groups attached to an aromatic ring is 1. The highest BCUT2D eigenvalue weighted by atomic mass is 16.5. The Hall–Kier alpha value is -1.97. The van der Waals surface area contributed by atoms with Crippen molar-refractivity contribution in [1.82, 2.24) is 4.98 Å². The van der Waals surface area contributed by atoms with E-state index < -0.39 is 0 Å². The first-order valence-electron chi connectivity index (χ1n) is 5.11. The number of hydrogen-bond donors (Lipinski definition) is 1. The van der Waals surface area contributed by atoms with Gasteiger partial charge >= 0.3 is 0 Å². The molecule has 0 aliphatic heterocycles. The fourth-order valence-electron chi connectivity index (χ4n) is 1.52. The molecule has 0 fully saturated rings. The zero-order chi connectivity index (χ0) is 11.4. The number of rotatable bonds is 4. The van der Waals surface area contributed by atoms with Crippen molar-refractivity contribution in [2.45, 2.75) is 12.8 Å². The molecule has 4 heteroatoms. The van der Waals surface area contributed by atoms with Gasteiger partial charge in [0.2, 0.25) is 5.88 Å². The minimum absolute atomic E-state index is 0.362. The molecule has 0 spiro atoms. The maximum atomic E-state index is 5.44. The Morgan fingerprint density at radius 1 is 1.38 bits per heavy atom. The molecular formula is C12H14N2O2. The highest BCUT2D eigenvalue weighted by Gasteiger charge is 2.02. The lowest BCUT2D eigenvalue weighted by Crippen LogP contribution is -1.92. The second kappa shape index (κ2) is 4.70. The van der Waals surface area contributed by atoms with Gasteiger partial charge < -0.3 is 14.9 Å². The fourth-order valence-corrected chi connectivity index (χ4v) is 1.52. The van der Waals surface area contributed by atoms with E-state index in [4.69, 9.17) is 14.9 Å². The van der Waals surface area contributed by atoms with Crippen molar-refractivity contribution >= 4 is 5.88 Å². The Morgan fingerprint density at radius 2 is 2.25 bits per heavy atom. The van der Waals surface area contributed by atoms with Gasteiger partial charge in [0.15, 0.2) is 5.89 Å². The van der Waals surface area contributed by atoms with Gasteiger partial charge in [0, 0.05) is 6.42 Å². The number of oxazole rings is 1. The summed E-state index contributed by atoms with van der Waals surface area (Å²) in [7, 11) is 1.66. The van der Waals surface area contributed by atoms with Gasteiger partial charge in [-0.25, -0.2) is 4.98 Å². The summed E-state index contributed by atoms with van der Waals surface area (Å²) in [5, 5.41) is 0. The molecule has 1 aromatic carbocycles. The van der Waals surface area contributed by atoms with Crippen molar-refractivity contribution in [3.8, 4) is 5.75 Å². The van der Waals surface area contributed by atoms with Crippen LogP contribution in [0.25, 0.3) is 0 Å². The Morgan fingerprint density at radius 3 is 2.94 bits per heavy atom. The molecule has 2 aromatic rings. The number of methoxy groups -OCH3 is 1. The topological polar surface area (TPSA) is 61.3 Å². The van der Waals surface area contributed by atoms with Crippen LogP contribution in [0.3, 0.4) is 0 Å². The molecule has 1 aromatic heterocycles. The summed E-state index contributed by atoms with van der Waals surface area (Å²) < 4.78 is 10.3. The zero-order valence-electron chi connectivity index (χ0n) is 9.14. The molecule has 0 radical (unpaired) electrons. The highest BCUT2D eigenvalue weighted by Crippen LogP contribution is 2.15. The van der Waals surface area contributed by atoms with Crippen molar-refractivity contribution in [2.24, 2.45) is 0 Å². The highest BCUT2D eigenvalue weighted by molar-refractivity contribution is 5.28. The second-order valence-electron chi connectivity index (χ2n) is 3.51. The van der Waals surface area contributed by atoms with Crippen molar-refractivity contribution in [1.29, 1.82) is 0 Å². The molecule has 16 heavy (non-hydrogen) atoms. The molecule has 0 aliphatic carbocycles. The predicted molar refractivity (Wildman–Crippen MR) is 61.3 cm³/mol. The first kappa shape index (κ1) is 10.5. The monoisotopic (exact) mass is 218 g/mol. The second-order valence-corrected chi connectivity index (χ2v) is 3.51. The van der Waals surface area contributed by atoms with E-state index >= 15 is 0 Å². The van der Waals surface area contributed by atoms with Crippen LogP contribution in [-0.2, 0) is 12.8 Å². The Labute approximate surface area is 94.1 Å². The number of nitrogens with two attached hydrogens (primary N) is 1. The van der Waals surface area contributed by atoms with Crippen LogP contribution in [0.2, 0.25) is 0 Å². The maximum absolute atomic E-state index is 5.44. The molecule has 0 amide bonds. The van der Waals surface area contributed by atoms with E-state index in [9.17, 15) is 0 Å². The zero-order valence-corrected chi connectivity index (χ0v) is 9.14. The molecule has 0 bridgehead atoms. The third-order valence-electron chi connectivity index (χ3n) is 2.33. The largest absolute Gasteiger partial charge is 0.497 e. The lowest BCUT2D eigenvalue weighted by atomic mass is 10.1. The summed E-state index contributed by atoms with van der Waals surface area (Å²) in [4.78, 5) is 4.05. The lowest BCUT2D eigenvalue weighted by molar-refractivity contribution is 0.414. The fraction of sp³-hybridized carbons (Fsp3) is 0.250. The van der Waals surface area contributed by atoms with Gasteiger partial charge in [-0.15, -0.1) is 0 Å². The molecule has 2 rings (SSSR count). The molecular weight excluding hydrogens is 204 g/mol. The van der Waals surface area contributed by atoms with Gasteiger partial charge in [-0.2, -0.15) is 0 Å². The van der Waals surface area contributed by atoms with Crippen LogP contribution in [0.1, 0.15) is 11.5 Å². The van der Waals surface area contributed by atoms with Crippen LogP contribution in [0.15, 0.2) is 34.9 Å². The van der Waals surface area contributed by atoms with E-state index in [2.05, 4.69) is 11.1 Å². The summed E-state index contributed by atoms with van der Waals surface area (Å²) in [6.45, 7) is 0. The van der Waals surface area contributed by atoms with Crippen molar-refractivity contribution < 1.29 is 9.15 Å². The summed E-state index contributed by atoms with van der Waals surface area (Å²) in [5.41, 5.74) is 6.63. The third-order valence-corrected chi connectivity index (χ3v) is 2.33. The van der Waals surface area contributed by atoms with Crippen LogP contribution in [-0.4, -0.2) is 12.1 Å². The van der Waals surface area contributed by atoms with Gasteiger partial charge in [0.25, 0.3) is 0 Å². The maximum Gasteiger partial charge on any atom is 0.211 e. The predicted octanol–water partition coefficient (Wildman–Crippen LogP) is 2.05. The molecule has 0 atom stereocenters. The SMILES string of the molecule is COc1cccc(CCc2ncc(N)o2)c1. The van der Waals surface area contributed by atoms with Crippen LogP contribution < -0.4 is 10.5 Å². The number of hydrogen-bond acceptors (Lipinski definition) is 4. The molecule has 2 N–H and O–H groups in total. The minimum atomic E-state index is 0.362. The van der Waals surface area contributed by atoms with E-state index in [1.165, 1.54) is 11.8 Å². The lowest BCUT2D eigenvalue weighted by Gasteiger charge is -2.02. The number of anilines is 1. The van der Waals surface area contributed by atoms with Gasteiger partial charge in [-0.1, -0.05) is 12.1 Å². The van der Waals surface area contributed by atoms with E-state index in [0.717, 1.165) is 18.6 Å². The normalized spacial score (nSPS) is 10.3. The Kier molecular flexibility index (Phi) is 3.10. The van der Waals surface area contributed by atoms with Crippen molar-refractivity contribution in [2.75, 3.05) is 12.8 Å². The number of nitrogens with zero attached hydrogens (tertiary/aromatic N) is 1. The molecule has 84 valence electrons. The van der Waals surface area contributed by atoms with Crippen LogP contribution in [0.4, 0.5) is 5.88 Å². The quantitative estimate of drug-likeness (QED) is 0.853. The molecule has 0 saturated heterocycles. The summed E-state index contributed by atoms with van der Waals surface area (Å²) in [6, 6.07) is 7.95. The summed E-state index contributed by atoms with van der Waals surface area (Å²) in [6.07, 6.45) is 3.13. The Bertz CT molecular complexity index is 466. The average molecular weight is 218 g/mol. The molecule has 4 nitrogen and oxygen atoms in total. The van der Waals surface area contributed by atoms with Crippen LogP contribution in [0, 0.1) is 0 Å². The van der Waals surface area contributed by atoms with E-state index in [0.29, 0.717) is 11.8 Å². The standard InChI is InChI=1S/C12H14N2O2/c1-15-10-4-2-3-9(7-10)5-6-12-14-8-11(13)16-12/h2-4,7-8H,5-6,13H2,1H3. The van der Waals surface area contributed by atoms with E-state index in [-0.39, 0.29) is 0 Å². The molecule has 1 heterocycles. The van der Waals surface area contributed by atoms with Crippen LogP contribution in [0.5, 0.6) is 5.75 Å². The summed E-state index contributed by atoms with van der Waals surface area (Å²) in [5.74, 6) is 1.89. The van der Waals surface area contributed by atoms with Gasteiger partial charge in [0.05, 0.1) is 13.3 Å². The molecule has 0 saturated carbocycles. The first-order valence-corrected chi connectivity index (χ1v) is 5.11. The van der Waals surface area contributed by atoms with Gasteiger partial charge in [-0.3, -0.25) is 0 Å². The first-order chi connectivity index (χ1) is 7.78. The number of aryl methyl sites for hydroxylation is 2. The number of aromatic nitrogens is 1. The van der Waals surface area contributed by atoms with Crippen LogP contribution >= 0.6 is 0 Å². The van der Waals surface area contributed by atoms with Gasteiger partial charge in [0.1, 0.15) is 5.75 Å². The summed E-state index contributed by atoms with van der Waals surface area (Å²) >= 11 is 0. The van der Waals surface area contributed by atoms with E-state index in [1.807, 2.05) is 18.2 Å². The van der Waals surface area contributed by atoms with E-state index in [1.54, 1.807) is 7.11 Å². The van der Waals surface area contributed by atoms with Crippen molar-refractivity contribution in [3.05, 3.63) is 41.9 Å².